The first-order chi connectivity index (χ1) is 12.7. The van der Waals surface area contributed by atoms with Gasteiger partial charge in [0.2, 0.25) is 22.3 Å². The molecule has 132 valence electrons. The Balaban J connectivity index is 1.72. The lowest BCUT2D eigenvalue weighted by molar-refractivity contribution is 0.417. The van der Waals surface area contributed by atoms with Crippen LogP contribution in [-0.4, -0.2) is 40.4 Å². The normalized spacial score (nSPS) is 13.7. The average Bonchev–Trinajstić information content (AvgIpc) is 2.72. The van der Waals surface area contributed by atoms with Gasteiger partial charge in [-0.15, -0.1) is 0 Å². The van der Waals surface area contributed by atoms with Crippen LogP contribution in [0.2, 0.25) is 0 Å². The van der Waals surface area contributed by atoms with Crippen molar-refractivity contribution in [1.82, 2.24) is 0 Å². The molecule has 0 unspecified atom stereocenters. The van der Waals surface area contributed by atoms with E-state index in [0.29, 0.717) is 22.9 Å². The molecule has 0 bridgehead atoms. The van der Waals surface area contributed by atoms with Crippen LogP contribution in [0.1, 0.15) is 0 Å². The Bertz CT molecular complexity index is 805. The summed E-state index contributed by atoms with van der Waals surface area (Å²) in [7, 11) is 3.11. The van der Waals surface area contributed by atoms with Crippen molar-refractivity contribution in [3.8, 4) is 11.5 Å². The summed E-state index contributed by atoms with van der Waals surface area (Å²) in [4.78, 5) is 11.0. The van der Waals surface area contributed by atoms with E-state index in [0.717, 1.165) is 37.6 Å². The number of methoxy groups -OCH3 is 2. The third-order valence-electron chi connectivity index (χ3n) is 4.55. The number of hydrogen-bond donors (Lipinski definition) is 0. The van der Waals surface area contributed by atoms with Crippen LogP contribution in [0.5, 0.6) is 11.5 Å². The van der Waals surface area contributed by atoms with Gasteiger partial charge in [-0.2, -0.15) is 0 Å². The van der Waals surface area contributed by atoms with E-state index in [-0.39, 0.29) is 0 Å². The minimum absolute atomic E-state index is 0.413. The summed E-state index contributed by atoms with van der Waals surface area (Å²) < 4.78 is 10.5. The lowest BCUT2D eigenvalue weighted by atomic mass is 10.2. The molecule has 1 heterocycles. The first-order valence-electron chi connectivity index (χ1n) is 8.26. The standard InChI is InChI=1S/C18H20N6O2/c1-25-17-11-13(3-5-15(17)21-19)23-7-9-24(10-8-23)14-4-6-16(22-20)18(12-14)26-2/h3-6,11-12H,7-10H2,1-2H3/q+2. The zero-order valence-electron chi connectivity index (χ0n) is 14.8. The highest BCUT2D eigenvalue weighted by molar-refractivity contribution is 5.67. The van der Waals surface area contributed by atoms with Crippen molar-refractivity contribution in [1.29, 1.82) is 10.8 Å². The molecule has 8 nitrogen and oxygen atoms in total. The van der Waals surface area contributed by atoms with Crippen molar-refractivity contribution in [2.45, 2.75) is 0 Å². The predicted octanol–water partition coefficient (Wildman–Crippen LogP) is 4.00. The minimum atomic E-state index is 0.413. The molecule has 0 atom stereocenters. The van der Waals surface area contributed by atoms with Crippen molar-refractivity contribution in [3.63, 3.8) is 0 Å². The highest BCUT2D eigenvalue weighted by Crippen LogP contribution is 2.34. The second kappa shape index (κ2) is 7.58. The maximum absolute atomic E-state index is 8.98. The predicted molar refractivity (Wildman–Crippen MR) is 99.9 cm³/mol. The third-order valence-corrected chi connectivity index (χ3v) is 4.55. The molecule has 0 radical (unpaired) electrons. The summed E-state index contributed by atoms with van der Waals surface area (Å²) in [6, 6.07) is 11.1. The number of hydrogen-bond acceptors (Lipinski definition) is 6. The number of rotatable bonds is 4. The summed E-state index contributed by atoms with van der Waals surface area (Å²) >= 11 is 0. The second-order valence-electron chi connectivity index (χ2n) is 5.89. The van der Waals surface area contributed by atoms with E-state index >= 15 is 0 Å². The van der Waals surface area contributed by atoms with Crippen LogP contribution in [-0.2, 0) is 0 Å². The fourth-order valence-corrected chi connectivity index (χ4v) is 3.11. The highest BCUT2D eigenvalue weighted by atomic mass is 16.5. The van der Waals surface area contributed by atoms with Gasteiger partial charge in [-0.3, -0.25) is 0 Å². The van der Waals surface area contributed by atoms with Gasteiger partial charge in [0.15, 0.2) is 9.95 Å². The van der Waals surface area contributed by atoms with Crippen molar-refractivity contribution in [2.24, 2.45) is 0 Å². The Labute approximate surface area is 151 Å². The summed E-state index contributed by atoms with van der Waals surface area (Å²) in [5.74, 6) is 1.08. The van der Waals surface area contributed by atoms with Gasteiger partial charge >= 0.3 is 11.4 Å². The first-order valence-corrected chi connectivity index (χ1v) is 8.26. The number of nitrogens with zero attached hydrogens (tertiary/aromatic N) is 6. The summed E-state index contributed by atoms with van der Waals surface area (Å²) in [6.45, 7) is 3.36. The molecule has 1 aliphatic rings. The van der Waals surface area contributed by atoms with Crippen molar-refractivity contribution >= 4 is 22.7 Å². The van der Waals surface area contributed by atoms with Gasteiger partial charge in [0, 0.05) is 61.8 Å². The van der Waals surface area contributed by atoms with Gasteiger partial charge in [0.1, 0.15) is 0 Å². The van der Waals surface area contributed by atoms with E-state index in [4.69, 9.17) is 20.3 Å². The zero-order chi connectivity index (χ0) is 18.5. The number of piperazine rings is 1. The van der Waals surface area contributed by atoms with Crippen molar-refractivity contribution < 1.29 is 9.47 Å². The smallest absolute Gasteiger partial charge is 0.426 e. The summed E-state index contributed by atoms with van der Waals surface area (Å²) in [6.07, 6.45) is 0. The molecule has 2 aromatic carbocycles. The Morgan fingerprint density at radius 2 is 1.12 bits per heavy atom. The Hall–Kier alpha value is -3.52. The van der Waals surface area contributed by atoms with Crippen LogP contribution in [0.3, 0.4) is 0 Å². The zero-order valence-corrected chi connectivity index (χ0v) is 14.8. The van der Waals surface area contributed by atoms with Gasteiger partial charge in [-0.05, 0) is 12.1 Å². The molecule has 0 aliphatic carbocycles. The minimum Gasteiger partial charge on any atom is -0.489 e. The maximum atomic E-state index is 8.98. The topological polar surface area (TPSA) is 81.2 Å². The largest absolute Gasteiger partial charge is 0.489 e. The Morgan fingerprint density at radius 1 is 0.731 bits per heavy atom. The Kier molecular flexibility index (Phi) is 5.04. The van der Waals surface area contributed by atoms with Gasteiger partial charge < -0.3 is 19.3 Å². The number of ether oxygens (including phenoxy) is 2. The van der Waals surface area contributed by atoms with E-state index in [1.54, 1.807) is 26.4 Å². The quantitative estimate of drug-likeness (QED) is 0.774. The lowest BCUT2D eigenvalue weighted by Crippen LogP contribution is -2.46. The molecule has 0 spiro atoms. The molecule has 8 heteroatoms. The second-order valence-corrected chi connectivity index (χ2v) is 5.89. The van der Waals surface area contributed by atoms with E-state index < -0.39 is 0 Å². The lowest BCUT2D eigenvalue weighted by Gasteiger charge is -2.37. The third kappa shape index (κ3) is 3.31. The molecule has 1 saturated heterocycles. The summed E-state index contributed by atoms with van der Waals surface area (Å²) in [5, 5.41) is 18.0. The average molecular weight is 352 g/mol. The van der Waals surface area contributed by atoms with Crippen LogP contribution in [0.15, 0.2) is 36.4 Å². The van der Waals surface area contributed by atoms with Gasteiger partial charge in [-0.1, -0.05) is 0 Å². The number of anilines is 2. The van der Waals surface area contributed by atoms with Gasteiger partial charge in [0.25, 0.3) is 0 Å². The molecule has 0 aromatic heterocycles. The molecular formula is C18H20N6O2+2. The molecule has 0 saturated carbocycles. The fraction of sp³-hybridized carbons (Fsp3) is 0.333. The van der Waals surface area contributed by atoms with Crippen molar-refractivity contribution in [2.75, 3.05) is 50.2 Å². The fourth-order valence-electron chi connectivity index (χ4n) is 3.11. The molecule has 0 N–H and O–H groups in total. The van der Waals surface area contributed by atoms with Gasteiger partial charge in [-0.25, -0.2) is 0 Å². The number of diazo groups is 2. The van der Waals surface area contributed by atoms with Crippen LogP contribution in [0, 0.1) is 10.8 Å². The SMILES string of the molecule is COc1cc(N2CCN(c3ccc([N+]#N)c(OC)c3)CC2)ccc1[N+]#N. The van der Waals surface area contributed by atoms with Crippen LogP contribution in [0.25, 0.3) is 9.95 Å². The highest BCUT2D eigenvalue weighted by Gasteiger charge is 2.23. The van der Waals surface area contributed by atoms with Crippen molar-refractivity contribution in [3.05, 3.63) is 46.4 Å². The van der Waals surface area contributed by atoms with Crippen LogP contribution >= 0.6 is 0 Å². The van der Waals surface area contributed by atoms with Gasteiger partial charge in [0.05, 0.1) is 14.2 Å². The molecule has 0 amide bonds. The molecule has 3 rings (SSSR count). The summed E-state index contributed by atoms with van der Waals surface area (Å²) in [5.41, 5.74) is 2.88. The first kappa shape index (κ1) is 17.3. The van der Waals surface area contributed by atoms with E-state index in [2.05, 4.69) is 19.8 Å². The number of benzene rings is 2. The molecule has 1 aliphatic heterocycles. The maximum Gasteiger partial charge on any atom is 0.426 e. The van der Waals surface area contributed by atoms with Crippen LogP contribution < -0.4 is 19.3 Å². The van der Waals surface area contributed by atoms with E-state index in [1.807, 2.05) is 24.3 Å². The molecule has 26 heavy (non-hydrogen) atoms. The molecule has 1 fully saturated rings. The Morgan fingerprint density at radius 3 is 1.42 bits per heavy atom. The van der Waals surface area contributed by atoms with E-state index in [1.165, 1.54) is 0 Å². The molecular weight excluding hydrogens is 332 g/mol. The van der Waals surface area contributed by atoms with E-state index in [9.17, 15) is 0 Å². The monoisotopic (exact) mass is 352 g/mol. The molecule has 2 aromatic rings. The van der Waals surface area contributed by atoms with Crippen LogP contribution in [0.4, 0.5) is 22.7 Å².